The van der Waals surface area contributed by atoms with Crippen LogP contribution in [0.5, 0.6) is 0 Å². The van der Waals surface area contributed by atoms with E-state index in [1.165, 1.54) is 0 Å². The number of nitrogens with zero attached hydrogens (tertiary/aromatic N) is 3. The van der Waals surface area contributed by atoms with Gasteiger partial charge in [-0.3, -0.25) is 4.99 Å². The lowest BCUT2D eigenvalue weighted by Gasteiger charge is -2.36. The van der Waals surface area contributed by atoms with Crippen molar-refractivity contribution in [2.75, 3.05) is 46.4 Å². The Kier molecular flexibility index (Phi) is 9.70. The third kappa shape index (κ3) is 6.15. The molecular weight excluding hydrogens is 371 g/mol. The standard InChI is InChI=1S/C13H26N4O2.HI/c1-5-19-13(18)17-8-6-16(7-9-17)12(14-4)15-10-11(2)3;/h11H,5-10H2,1-4H3,(H,14,15);1H. The van der Waals surface area contributed by atoms with Crippen LogP contribution in [0.25, 0.3) is 0 Å². The van der Waals surface area contributed by atoms with Crippen molar-refractivity contribution >= 4 is 36.0 Å². The van der Waals surface area contributed by atoms with Gasteiger partial charge in [-0.1, -0.05) is 13.8 Å². The molecule has 1 amide bonds. The smallest absolute Gasteiger partial charge is 0.409 e. The maximum Gasteiger partial charge on any atom is 0.409 e. The number of ether oxygens (including phenoxy) is 1. The molecule has 0 bridgehead atoms. The summed E-state index contributed by atoms with van der Waals surface area (Å²) in [5, 5.41) is 3.35. The van der Waals surface area contributed by atoms with Gasteiger partial charge in [0.25, 0.3) is 0 Å². The molecule has 1 rings (SSSR count). The summed E-state index contributed by atoms with van der Waals surface area (Å²) in [7, 11) is 1.79. The van der Waals surface area contributed by atoms with E-state index < -0.39 is 0 Å². The maximum atomic E-state index is 11.6. The maximum absolute atomic E-state index is 11.6. The monoisotopic (exact) mass is 398 g/mol. The molecule has 1 heterocycles. The lowest BCUT2D eigenvalue weighted by molar-refractivity contribution is 0.0914. The molecule has 1 fully saturated rings. The van der Waals surface area contributed by atoms with Crippen LogP contribution < -0.4 is 5.32 Å². The number of aliphatic imine (C=N–C) groups is 1. The summed E-state index contributed by atoms with van der Waals surface area (Å²) >= 11 is 0. The van der Waals surface area contributed by atoms with Crippen LogP contribution in [-0.4, -0.2) is 68.2 Å². The molecule has 1 aliphatic rings. The summed E-state index contributed by atoms with van der Waals surface area (Å²) < 4.78 is 5.00. The van der Waals surface area contributed by atoms with E-state index in [2.05, 4.69) is 29.1 Å². The van der Waals surface area contributed by atoms with Gasteiger partial charge in [-0.25, -0.2) is 4.79 Å². The summed E-state index contributed by atoms with van der Waals surface area (Å²) in [5.41, 5.74) is 0. The van der Waals surface area contributed by atoms with E-state index in [9.17, 15) is 4.79 Å². The lowest BCUT2D eigenvalue weighted by Crippen LogP contribution is -2.54. The number of piperazine rings is 1. The molecule has 0 aromatic heterocycles. The van der Waals surface area contributed by atoms with Crippen molar-refractivity contribution in [3.63, 3.8) is 0 Å². The van der Waals surface area contributed by atoms with Crippen LogP contribution in [-0.2, 0) is 4.74 Å². The van der Waals surface area contributed by atoms with E-state index in [4.69, 9.17) is 4.74 Å². The van der Waals surface area contributed by atoms with Crippen molar-refractivity contribution in [1.82, 2.24) is 15.1 Å². The molecule has 0 radical (unpaired) electrons. The van der Waals surface area contributed by atoms with Crippen molar-refractivity contribution in [3.05, 3.63) is 0 Å². The Bertz CT molecular complexity index is 315. The van der Waals surface area contributed by atoms with E-state index in [-0.39, 0.29) is 30.1 Å². The van der Waals surface area contributed by atoms with Crippen LogP contribution in [0.1, 0.15) is 20.8 Å². The Labute approximate surface area is 138 Å². The predicted molar refractivity (Wildman–Crippen MR) is 91.8 cm³/mol. The number of carbonyl (C=O) groups excluding carboxylic acids is 1. The Morgan fingerprint density at radius 2 is 1.80 bits per heavy atom. The zero-order chi connectivity index (χ0) is 14.3. The number of hydrogen-bond acceptors (Lipinski definition) is 3. The molecule has 0 saturated carbocycles. The highest BCUT2D eigenvalue weighted by Crippen LogP contribution is 2.04. The summed E-state index contributed by atoms with van der Waals surface area (Å²) in [5.74, 6) is 1.50. The minimum Gasteiger partial charge on any atom is -0.450 e. The molecule has 1 aliphatic heterocycles. The topological polar surface area (TPSA) is 57.2 Å². The first-order valence-corrected chi connectivity index (χ1v) is 6.95. The van der Waals surface area contributed by atoms with Crippen molar-refractivity contribution in [3.8, 4) is 0 Å². The number of hydrogen-bond donors (Lipinski definition) is 1. The second-order valence-corrected chi connectivity index (χ2v) is 4.99. The SMILES string of the molecule is CCOC(=O)N1CCN(C(=NC)NCC(C)C)CC1.I. The first kappa shape index (κ1) is 19.3. The lowest BCUT2D eigenvalue weighted by atomic mass is 10.2. The van der Waals surface area contributed by atoms with E-state index in [1.807, 2.05) is 6.92 Å². The molecule has 0 unspecified atom stereocenters. The second kappa shape index (κ2) is 10.1. The highest BCUT2D eigenvalue weighted by Gasteiger charge is 2.23. The van der Waals surface area contributed by atoms with Gasteiger partial charge in [0.05, 0.1) is 6.61 Å². The molecule has 0 atom stereocenters. The largest absolute Gasteiger partial charge is 0.450 e. The Morgan fingerprint density at radius 1 is 1.25 bits per heavy atom. The van der Waals surface area contributed by atoms with Gasteiger partial charge >= 0.3 is 6.09 Å². The predicted octanol–water partition coefficient (Wildman–Crippen LogP) is 1.61. The van der Waals surface area contributed by atoms with Crippen LogP contribution in [0.3, 0.4) is 0 Å². The van der Waals surface area contributed by atoms with Crippen molar-refractivity contribution in [2.24, 2.45) is 10.9 Å². The zero-order valence-electron chi connectivity index (χ0n) is 12.9. The Hall–Kier alpha value is -0.730. The van der Waals surface area contributed by atoms with Crippen LogP contribution >= 0.6 is 24.0 Å². The van der Waals surface area contributed by atoms with Crippen LogP contribution in [0.2, 0.25) is 0 Å². The summed E-state index contributed by atoms with van der Waals surface area (Å²) in [6.07, 6.45) is -0.215. The van der Waals surface area contributed by atoms with Gasteiger partial charge in [0.15, 0.2) is 5.96 Å². The van der Waals surface area contributed by atoms with E-state index in [1.54, 1.807) is 11.9 Å². The van der Waals surface area contributed by atoms with Crippen molar-refractivity contribution in [2.45, 2.75) is 20.8 Å². The third-order valence-electron chi connectivity index (χ3n) is 2.99. The number of amides is 1. The van der Waals surface area contributed by atoms with Crippen LogP contribution in [0.4, 0.5) is 4.79 Å². The highest BCUT2D eigenvalue weighted by atomic mass is 127. The number of halogens is 1. The average molecular weight is 398 g/mol. The average Bonchev–Trinajstić information content (AvgIpc) is 2.40. The van der Waals surface area contributed by atoms with Crippen molar-refractivity contribution < 1.29 is 9.53 Å². The van der Waals surface area contributed by atoms with E-state index in [0.717, 1.165) is 25.6 Å². The minimum atomic E-state index is -0.215. The zero-order valence-corrected chi connectivity index (χ0v) is 15.2. The summed E-state index contributed by atoms with van der Waals surface area (Å²) in [4.78, 5) is 19.8. The number of guanidine groups is 1. The quantitative estimate of drug-likeness (QED) is 0.446. The summed E-state index contributed by atoms with van der Waals surface area (Å²) in [6, 6.07) is 0. The van der Waals surface area contributed by atoms with Gasteiger partial charge in [-0.05, 0) is 12.8 Å². The van der Waals surface area contributed by atoms with Crippen molar-refractivity contribution in [1.29, 1.82) is 0 Å². The Morgan fingerprint density at radius 3 is 2.25 bits per heavy atom. The molecule has 7 heteroatoms. The van der Waals surface area contributed by atoms with E-state index >= 15 is 0 Å². The Balaban J connectivity index is 0.00000361. The molecule has 0 spiro atoms. The molecule has 118 valence electrons. The normalized spacial score (nSPS) is 15.9. The fraction of sp³-hybridized carbons (Fsp3) is 0.846. The van der Waals surface area contributed by atoms with Crippen LogP contribution in [0.15, 0.2) is 4.99 Å². The first-order chi connectivity index (χ1) is 9.08. The molecule has 0 aromatic carbocycles. The van der Waals surface area contributed by atoms with Gasteiger partial charge in [0, 0.05) is 39.8 Å². The highest BCUT2D eigenvalue weighted by molar-refractivity contribution is 14.0. The molecule has 0 aliphatic carbocycles. The van der Waals surface area contributed by atoms with E-state index in [0.29, 0.717) is 25.6 Å². The number of nitrogens with one attached hydrogen (secondary N) is 1. The second-order valence-electron chi connectivity index (χ2n) is 4.99. The van der Waals surface area contributed by atoms with Gasteiger partial charge in [-0.15, -0.1) is 24.0 Å². The van der Waals surface area contributed by atoms with Gasteiger partial charge < -0.3 is 19.9 Å². The fourth-order valence-corrected chi connectivity index (χ4v) is 1.94. The number of rotatable bonds is 3. The number of carbonyl (C=O) groups is 1. The van der Waals surface area contributed by atoms with Gasteiger partial charge in [-0.2, -0.15) is 0 Å². The molecule has 1 N–H and O–H groups in total. The molecule has 0 aromatic rings. The third-order valence-corrected chi connectivity index (χ3v) is 2.99. The fourth-order valence-electron chi connectivity index (χ4n) is 1.94. The molecule has 1 saturated heterocycles. The van der Waals surface area contributed by atoms with Crippen LogP contribution in [0, 0.1) is 5.92 Å². The van der Waals surface area contributed by atoms with Gasteiger partial charge in [0.2, 0.25) is 0 Å². The van der Waals surface area contributed by atoms with Gasteiger partial charge in [0.1, 0.15) is 0 Å². The molecule has 6 nitrogen and oxygen atoms in total. The first-order valence-electron chi connectivity index (χ1n) is 6.95. The molecule has 20 heavy (non-hydrogen) atoms. The minimum absolute atomic E-state index is 0. The molecular formula is C13H27IN4O2. The summed E-state index contributed by atoms with van der Waals surface area (Å²) in [6.45, 7) is 10.4.